The zero-order valence-electron chi connectivity index (χ0n) is 10.2. The molecule has 1 aromatic carbocycles. The lowest BCUT2D eigenvalue weighted by molar-refractivity contribution is 0.0972. The van der Waals surface area contributed by atoms with Crippen molar-refractivity contribution in [3.8, 4) is 0 Å². The molecule has 0 spiro atoms. The Labute approximate surface area is 101 Å². The van der Waals surface area contributed by atoms with Crippen LogP contribution in [0.3, 0.4) is 0 Å². The van der Waals surface area contributed by atoms with E-state index in [2.05, 4.69) is 30.1 Å². The predicted octanol–water partition coefficient (Wildman–Crippen LogP) is 3.78. The van der Waals surface area contributed by atoms with Crippen molar-refractivity contribution in [3.63, 3.8) is 0 Å². The molecule has 1 aliphatic carbocycles. The number of carbonyl (C=O) groups excluding carboxylic acids is 1. The number of fused-ring (bicyclic) bond motifs is 3. The van der Waals surface area contributed by atoms with Crippen LogP contribution < -0.4 is 0 Å². The molecule has 1 aromatic heterocycles. The molecule has 0 saturated carbocycles. The van der Waals surface area contributed by atoms with E-state index in [0.717, 1.165) is 24.1 Å². The van der Waals surface area contributed by atoms with E-state index >= 15 is 0 Å². The monoisotopic (exact) mass is 227 g/mol. The molecule has 0 saturated heterocycles. The highest BCUT2D eigenvalue weighted by atomic mass is 16.1. The third-order valence-electron chi connectivity index (χ3n) is 3.67. The molecule has 1 aliphatic rings. The van der Waals surface area contributed by atoms with E-state index < -0.39 is 0 Å². The highest BCUT2D eigenvalue weighted by Crippen LogP contribution is 2.28. The Morgan fingerprint density at radius 1 is 1.12 bits per heavy atom. The van der Waals surface area contributed by atoms with Gasteiger partial charge in [0.1, 0.15) is 0 Å². The quantitative estimate of drug-likeness (QED) is 0.730. The fourth-order valence-electron chi connectivity index (χ4n) is 2.76. The van der Waals surface area contributed by atoms with Crippen molar-refractivity contribution in [2.75, 3.05) is 0 Å². The van der Waals surface area contributed by atoms with Crippen LogP contribution in [0.2, 0.25) is 0 Å². The summed E-state index contributed by atoms with van der Waals surface area (Å²) in [6.07, 6.45) is 5.13. The number of benzene rings is 1. The minimum absolute atomic E-state index is 0.286. The molecular weight excluding hydrogens is 210 g/mol. The van der Waals surface area contributed by atoms with Gasteiger partial charge in [-0.3, -0.25) is 4.79 Å². The number of carbonyl (C=O) groups is 1. The molecule has 0 aliphatic heterocycles. The highest BCUT2D eigenvalue weighted by Gasteiger charge is 2.18. The van der Waals surface area contributed by atoms with Crippen LogP contribution in [-0.4, -0.2) is 10.8 Å². The van der Waals surface area contributed by atoms with Gasteiger partial charge in [-0.05, 0) is 43.4 Å². The first kappa shape index (κ1) is 10.6. The Balaban J connectivity index is 2.23. The smallest absolute Gasteiger partial charge is 0.179 e. The number of Topliss-reactive ketones (excluding diaryl/α,β-unsaturated/α-hetero) is 1. The van der Waals surface area contributed by atoms with Crippen LogP contribution in [0, 0.1) is 6.92 Å². The molecule has 0 radical (unpaired) electrons. The molecule has 0 fully saturated rings. The lowest BCUT2D eigenvalue weighted by atomic mass is 9.96. The average molecular weight is 227 g/mol. The van der Waals surface area contributed by atoms with E-state index in [1.165, 1.54) is 29.4 Å². The summed E-state index contributed by atoms with van der Waals surface area (Å²) in [6.45, 7) is 2.08. The summed E-state index contributed by atoms with van der Waals surface area (Å²) in [6, 6.07) is 6.40. The molecule has 88 valence electrons. The fourth-order valence-corrected chi connectivity index (χ4v) is 2.76. The van der Waals surface area contributed by atoms with E-state index in [0.29, 0.717) is 6.42 Å². The van der Waals surface area contributed by atoms with Crippen LogP contribution >= 0.6 is 0 Å². The molecule has 1 heterocycles. The molecule has 0 atom stereocenters. The van der Waals surface area contributed by atoms with Crippen LogP contribution in [0.4, 0.5) is 0 Å². The lowest BCUT2D eigenvalue weighted by Crippen LogP contribution is -2.06. The Hall–Kier alpha value is -1.57. The van der Waals surface area contributed by atoms with Gasteiger partial charge in [0.2, 0.25) is 0 Å². The van der Waals surface area contributed by atoms with Crippen molar-refractivity contribution < 1.29 is 4.79 Å². The maximum Gasteiger partial charge on any atom is 0.179 e. The van der Waals surface area contributed by atoms with Crippen molar-refractivity contribution in [2.45, 2.75) is 39.0 Å². The van der Waals surface area contributed by atoms with E-state index in [1.807, 2.05) is 0 Å². The average Bonchev–Trinajstić information content (AvgIpc) is 2.63. The Bertz CT molecular complexity index is 580. The predicted molar refractivity (Wildman–Crippen MR) is 69.5 cm³/mol. The van der Waals surface area contributed by atoms with E-state index in [1.54, 1.807) is 0 Å². The number of nitrogens with one attached hydrogen (secondary N) is 1. The maximum atomic E-state index is 12.1. The van der Waals surface area contributed by atoms with E-state index in [4.69, 9.17) is 0 Å². The third kappa shape index (κ3) is 1.78. The summed E-state index contributed by atoms with van der Waals surface area (Å²) in [5.74, 6) is 0.286. The molecule has 1 N–H and O–H groups in total. The molecule has 0 bridgehead atoms. The van der Waals surface area contributed by atoms with Crippen LogP contribution in [0.5, 0.6) is 0 Å². The second kappa shape index (κ2) is 4.02. The number of aryl methyl sites for hydroxylation is 2. The molecule has 3 rings (SSSR count). The number of rotatable bonds is 0. The van der Waals surface area contributed by atoms with E-state index in [-0.39, 0.29) is 5.78 Å². The second-order valence-electron chi connectivity index (χ2n) is 5.01. The first-order valence-corrected chi connectivity index (χ1v) is 6.40. The number of hydrogen-bond acceptors (Lipinski definition) is 1. The van der Waals surface area contributed by atoms with Gasteiger partial charge in [0, 0.05) is 17.3 Å². The summed E-state index contributed by atoms with van der Waals surface area (Å²) < 4.78 is 0. The van der Waals surface area contributed by atoms with Gasteiger partial charge in [-0.25, -0.2) is 0 Å². The second-order valence-corrected chi connectivity index (χ2v) is 5.01. The van der Waals surface area contributed by atoms with Gasteiger partial charge in [-0.15, -0.1) is 0 Å². The largest absolute Gasteiger partial charge is 0.352 e. The first-order chi connectivity index (χ1) is 8.25. The van der Waals surface area contributed by atoms with Crippen molar-refractivity contribution in [2.24, 2.45) is 0 Å². The summed E-state index contributed by atoms with van der Waals surface area (Å²) >= 11 is 0. The van der Waals surface area contributed by atoms with Crippen LogP contribution in [-0.2, 0) is 6.42 Å². The molecular formula is C15H17NO. The van der Waals surface area contributed by atoms with Gasteiger partial charge in [-0.1, -0.05) is 18.6 Å². The Morgan fingerprint density at radius 3 is 2.82 bits per heavy atom. The van der Waals surface area contributed by atoms with Crippen molar-refractivity contribution in [3.05, 3.63) is 35.0 Å². The zero-order chi connectivity index (χ0) is 11.8. The molecule has 2 heteroatoms. The van der Waals surface area contributed by atoms with Crippen LogP contribution in [0.25, 0.3) is 10.9 Å². The summed E-state index contributed by atoms with van der Waals surface area (Å²) in [4.78, 5) is 15.4. The van der Waals surface area contributed by atoms with Crippen LogP contribution in [0.1, 0.15) is 47.3 Å². The number of H-pyrrole nitrogens is 1. The van der Waals surface area contributed by atoms with Gasteiger partial charge >= 0.3 is 0 Å². The van der Waals surface area contributed by atoms with Gasteiger partial charge < -0.3 is 4.98 Å². The Kier molecular flexibility index (Phi) is 2.50. The molecule has 2 aromatic rings. The van der Waals surface area contributed by atoms with Gasteiger partial charge in [-0.2, -0.15) is 0 Å². The van der Waals surface area contributed by atoms with Crippen LogP contribution in [0.15, 0.2) is 18.2 Å². The zero-order valence-corrected chi connectivity index (χ0v) is 10.2. The fraction of sp³-hybridized carbons (Fsp3) is 0.400. The Morgan fingerprint density at radius 2 is 1.94 bits per heavy atom. The summed E-state index contributed by atoms with van der Waals surface area (Å²) in [7, 11) is 0. The van der Waals surface area contributed by atoms with Gasteiger partial charge in [0.15, 0.2) is 5.78 Å². The SMILES string of the molecule is Cc1ccc2c3c([nH]c2c1)C(=O)CCCCC3. The number of ketones is 1. The topological polar surface area (TPSA) is 32.9 Å². The minimum Gasteiger partial charge on any atom is -0.352 e. The standard InChI is InChI=1S/C15H17NO/c1-10-7-8-11-12-5-3-2-4-6-14(17)15(12)16-13(11)9-10/h7-9,16H,2-6H2,1H3. The molecule has 2 nitrogen and oxygen atoms in total. The summed E-state index contributed by atoms with van der Waals surface area (Å²) in [5.41, 5.74) is 4.46. The van der Waals surface area contributed by atoms with Crippen molar-refractivity contribution in [1.29, 1.82) is 0 Å². The minimum atomic E-state index is 0.286. The number of hydrogen-bond donors (Lipinski definition) is 1. The molecule has 0 amide bonds. The van der Waals surface area contributed by atoms with E-state index in [9.17, 15) is 4.79 Å². The lowest BCUT2D eigenvalue weighted by Gasteiger charge is -2.08. The third-order valence-corrected chi connectivity index (χ3v) is 3.67. The normalized spacial score (nSPS) is 16.6. The molecule has 17 heavy (non-hydrogen) atoms. The van der Waals surface area contributed by atoms with Gasteiger partial charge in [0.05, 0.1) is 5.69 Å². The first-order valence-electron chi connectivity index (χ1n) is 6.40. The van der Waals surface area contributed by atoms with Crippen molar-refractivity contribution in [1.82, 2.24) is 4.98 Å². The maximum absolute atomic E-state index is 12.1. The number of aromatic amines is 1. The number of aromatic nitrogens is 1. The molecule has 0 unspecified atom stereocenters. The summed E-state index contributed by atoms with van der Waals surface area (Å²) in [5, 5.41) is 1.24. The van der Waals surface area contributed by atoms with Crippen molar-refractivity contribution >= 4 is 16.7 Å². The highest BCUT2D eigenvalue weighted by molar-refractivity contribution is 6.02. The van der Waals surface area contributed by atoms with Gasteiger partial charge in [0.25, 0.3) is 0 Å².